The quantitative estimate of drug-likeness (QED) is 0.809. The van der Waals surface area contributed by atoms with Gasteiger partial charge in [0, 0.05) is 17.6 Å². The van der Waals surface area contributed by atoms with Gasteiger partial charge >= 0.3 is 0 Å². The predicted octanol–water partition coefficient (Wildman–Crippen LogP) is 2.66. The van der Waals surface area contributed by atoms with Crippen molar-refractivity contribution in [2.45, 2.75) is 24.9 Å². The number of carbonyl (C=O) groups is 1. The van der Waals surface area contributed by atoms with Gasteiger partial charge < -0.3 is 20.5 Å². The van der Waals surface area contributed by atoms with Crippen molar-refractivity contribution in [3.63, 3.8) is 0 Å². The highest BCUT2D eigenvalue weighted by Gasteiger charge is 2.39. The van der Waals surface area contributed by atoms with Crippen molar-refractivity contribution in [2.24, 2.45) is 5.92 Å². The fourth-order valence-electron chi connectivity index (χ4n) is 3.59. The average Bonchev–Trinajstić information content (AvgIpc) is 3.20. The maximum absolute atomic E-state index is 12.4. The van der Waals surface area contributed by atoms with Crippen molar-refractivity contribution < 1.29 is 14.6 Å². The molecule has 4 rings (SSSR count). The number of hydrogen-bond acceptors (Lipinski definition) is 4. The molecule has 1 amide bonds. The summed E-state index contributed by atoms with van der Waals surface area (Å²) in [4.78, 5) is 12.4. The number of phenolic OH excluding ortho intramolecular Hbond substituents is 1. The normalized spacial score (nSPS) is 24.8. The lowest BCUT2D eigenvalue weighted by atomic mass is 10.1. The first-order valence-corrected chi connectivity index (χ1v) is 8.28. The Labute approximate surface area is 140 Å². The third-order valence-electron chi connectivity index (χ3n) is 4.83. The summed E-state index contributed by atoms with van der Waals surface area (Å²) in [5.41, 5.74) is 0.635. The molecule has 2 aromatic rings. The van der Waals surface area contributed by atoms with E-state index in [9.17, 15) is 9.90 Å². The number of ether oxygens (including phenoxy) is 1. The first kappa shape index (κ1) is 15.0. The molecule has 2 bridgehead atoms. The van der Waals surface area contributed by atoms with E-state index in [1.54, 1.807) is 48.5 Å². The van der Waals surface area contributed by atoms with E-state index < -0.39 is 0 Å². The van der Waals surface area contributed by atoms with Crippen LogP contribution in [0.3, 0.4) is 0 Å². The Morgan fingerprint density at radius 2 is 1.71 bits per heavy atom. The van der Waals surface area contributed by atoms with Gasteiger partial charge in [-0.25, -0.2) is 0 Å². The minimum Gasteiger partial charge on any atom is -0.508 e. The molecule has 1 aliphatic heterocycles. The van der Waals surface area contributed by atoms with Crippen molar-refractivity contribution in [1.82, 2.24) is 10.6 Å². The molecule has 5 nitrogen and oxygen atoms in total. The summed E-state index contributed by atoms with van der Waals surface area (Å²) in [6.45, 7) is 1.08. The lowest BCUT2D eigenvalue weighted by Gasteiger charge is -2.24. The van der Waals surface area contributed by atoms with Crippen LogP contribution >= 0.6 is 0 Å². The lowest BCUT2D eigenvalue weighted by Crippen LogP contribution is -2.47. The zero-order chi connectivity index (χ0) is 16.5. The van der Waals surface area contributed by atoms with E-state index in [1.165, 1.54) is 6.42 Å². The van der Waals surface area contributed by atoms with Gasteiger partial charge in [-0.2, -0.15) is 0 Å². The van der Waals surface area contributed by atoms with Crippen LogP contribution in [0.25, 0.3) is 0 Å². The minimum atomic E-state index is -0.0365. The molecule has 124 valence electrons. The van der Waals surface area contributed by atoms with Gasteiger partial charge in [-0.05, 0) is 73.8 Å². The van der Waals surface area contributed by atoms with Crippen LogP contribution in [0.2, 0.25) is 0 Å². The number of amides is 1. The number of carbonyl (C=O) groups excluding carboxylic acids is 1. The number of aromatic hydroxyl groups is 1. The molecule has 3 N–H and O–H groups in total. The van der Waals surface area contributed by atoms with Crippen LogP contribution in [-0.4, -0.2) is 29.6 Å². The smallest absolute Gasteiger partial charge is 0.251 e. The van der Waals surface area contributed by atoms with Crippen LogP contribution in [0.4, 0.5) is 0 Å². The number of piperidine rings is 1. The molecule has 5 heteroatoms. The van der Waals surface area contributed by atoms with Gasteiger partial charge in [0.15, 0.2) is 0 Å². The fourth-order valence-corrected chi connectivity index (χ4v) is 3.59. The third-order valence-corrected chi connectivity index (χ3v) is 4.83. The number of phenols is 1. The predicted molar refractivity (Wildman–Crippen MR) is 90.4 cm³/mol. The van der Waals surface area contributed by atoms with Gasteiger partial charge in [-0.1, -0.05) is 0 Å². The van der Waals surface area contributed by atoms with Gasteiger partial charge in [-0.3, -0.25) is 4.79 Å². The van der Waals surface area contributed by atoms with Crippen LogP contribution < -0.4 is 15.4 Å². The van der Waals surface area contributed by atoms with Crippen molar-refractivity contribution in [1.29, 1.82) is 0 Å². The Morgan fingerprint density at radius 1 is 1.04 bits per heavy atom. The average molecular weight is 324 g/mol. The molecule has 0 radical (unpaired) electrons. The number of nitrogens with one attached hydrogen (secondary N) is 2. The first-order valence-electron chi connectivity index (χ1n) is 8.28. The summed E-state index contributed by atoms with van der Waals surface area (Å²) in [5.74, 6) is 2.16. The molecular formula is C19H20N2O3. The Bertz CT molecular complexity index is 727. The summed E-state index contributed by atoms with van der Waals surface area (Å²) in [7, 11) is 0. The van der Waals surface area contributed by atoms with Crippen molar-refractivity contribution in [3.8, 4) is 17.2 Å². The third kappa shape index (κ3) is 3.08. The summed E-state index contributed by atoms with van der Waals surface area (Å²) >= 11 is 0. The van der Waals surface area contributed by atoms with Gasteiger partial charge in [0.05, 0.1) is 0 Å². The minimum absolute atomic E-state index is 0.0365. The summed E-state index contributed by atoms with van der Waals surface area (Å²) in [5, 5.41) is 15.9. The van der Waals surface area contributed by atoms with Crippen molar-refractivity contribution in [2.75, 3.05) is 6.54 Å². The lowest BCUT2D eigenvalue weighted by molar-refractivity contribution is 0.0928. The van der Waals surface area contributed by atoms with Gasteiger partial charge in [-0.15, -0.1) is 0 Å². The Hall–Kier alpha value is -2.53. The topological polar surface area (TPSA) is 70.6 Å². The number of hydrogen-bond donors (Lipinski definition) is 3. The van der Waals surface area contributed by atoms with Crippen molar-refractivity contribution in [3.05, 3.63) is 54.1 Å². The molecular weight excluding hydrogens is 304 g/mol. The van der Waals surface area contributed by atoms with Crippen LogP contribution in [0, 0.1) is 5.92 Å². The van der Waals surface area contributed by atoms with E-state index in [1.807, 2.05) is 0 Å². The second-order valence-electron chi connectivity index (χ2n) is 6.55. The molecule has 3 unspecified atom stereocenters. The number of fused-ring (bicyclic) bond motifs is 2. The van der Waals surface area contributed by atoms with Crippen LogP contribution in [-0.2, 0) is 0 Å². The van der Waals surface area contributed by atoms with Crippen LogP contribution in [0.15, 0.2) is 48.5 Å². The highest BCUT2D eigenvalue weighted by molar-refractivity contribution is 5.94. The maximum atomic E-state index is 12.4. The van der Waals surface area contributed by atoms with E-state index >= 15 is 0 Å². The summed E-state index contributed by atoms with van der Waals surface area (Å²) in [6.07, 6.45) is 2.25. The zero-order valence-electron chi connectivity index (χ0n) is 13.2. The van der Waals surface area contributed by atoms with Gasteiger partial charge in [0.1, 0.15) is 17.2 Å². The highest BCUT2D eigenvalue weighted by Crippen LogP contribution is 2.31. The van der Waals surface area contributed by atoms with Crippen LogP contribution in [0.1, 0.15) is 23.2 Å². The molecule has 2 aromatic carbocycles. The van der Waals surface area contributed by atoms with E-state index in [-0.39, 0.29) is 17.7 Å². The Balaban J connectivity index is 1.38. The molecule has 1 saturated heterocycles. The van der Waals surface area contributed by atoms with E-state index in [0.29, 0.717) is 29.0 Å². The molecule has 3 atom stereocenters. The summed E-state index contributed by atoms with van der Waals surface area (Å²) in [6, 6.07) is 14.3. The first-order chi connectivity index (χ1) is 11.7. The van der Waals surface area contributed by atoms with Gasteiger partial charge in [0.2, 0.25) is 0 Å². The highest BCUT2D eigenvalue weighted by atomic mass is 16.5. The SMILES string of the molecule is O=C(NC1CC2CNC1C2)c1ccc(Oc2ccc(O)cc2)cc1. The standard InChI is InChI=1S/C19H20N2O3/c22-14-3-7-16(8-4-14)24-15-5-1-13(2-6-15)19(23)21-18-10-12-9-17(18)20-11-12/h1-8,12,17-18,20,22H,9-11H2,(H,21,23). The molecule has 2 fully saturated rings. The fraction of sp³-hybridized carbons (Fsp3) is 0.316. The van der Waals surface area contributed by atoms with E-state index in [4.69, 9.17) is 4.74 Å². The summed E-state index contributed by atoms with van der Waals surface area (Å²) < 4.78 is 5.69. The molecule has 24 heavy (non-hydrogen) atoms. The molecule has 0 aromatic heterocycles. The second-order valence-corrected chi connectivity index (χ2v) is 6.55. The number of rotatable bonds is 4. The molecule has 1 aliphatic carbocycles. The Kier molecular flexibility index (Phi) is 3.86. The molecule has 1 saturated carbocycles. The molecule has 0 spiro atoms. The second kappa shape index (κ2) is 6.17. The van der Waals surface area contributed by atoms with Crippen molar-refractivity contribution >= 4 is 5.91 Å². The van der Waals surface area contributed by atoms with E-state index in [0.717, 1.165) is 13.0 Å². The Morgan fingerprint density at radius 3 is 2.29 bits per heavy atom. The molecule has 2 aliphatic rings. The van der Waals surface area contributed by atoms with Gasteiger partial charge in [0.25, 0.3) is 5.91 Å². The number of benzene rings is 2. The molecule has 1 heterocycles. The van der Waals surface area contributed by atoms with E-state index in [2.05, 4.69) is 10.6 Å². The monoisotopic (exact) mass is 324 g/mol. The van der Waals surface area contributed by atoms with Crippen LogP contribution in [0.5, 0.6) is 17.2 Å². The maximum Gasteiger partial charge on any atom is 0.251 e. The zero-order valence-corrected chi connectivity index (χ0v) is 13.2. The largest absolute Gasteiger partial charge is 0.508 e.